The molecule has 0 aromatic carbocycles. The zero-order chi connectivity index (χ0) is 23.5. The Kier molecular flexibility index (Phi) is 7.79. The van der Waals surface area contributed by atoms with Gasteiger partial charge in [0.2, 0.25) is 5.95 Å². The predicted molar refractivity (Wildman–Crippen MR) is 113 cm³/mol. The lowest BCUT2D eigenvalue weighted by Crippen LogP contribution is -2.34. The molecule has 5 atom stereocenters. The van der Waals surface area contributed by atoms with Crippen LogP contribution in [0.3, 0.4) is 0 Å². The number of aliphatic imine (C=N–C) groups is 1. The van der Waals surface area contributed by atoms with Crippen LogP contribution in [0.2, 0.25) is 0 Å². The fraction of sp³-hybridized carbons (Fsp3) is 0.600. The number of nitrogens with two attached hydrogens (primary N) is 2. The number of nitrogens with one attached hydrogen (secondary N) is 2. The number of hydrogen-bond donors (Lipinski definition) is 7. The quantitative estimate of drug-likeness (QED) is 0.0629. The van der Waals surface area contributed by atoms with Gasteiger partial charge in [0, 0.05) is 13.1 Å². The fourth-order valence-corrected chi connectivity index (χ4v) is 3.70. The van der Waals surface area contributed by atoms with Crippen molar-refractivity contribution in [2.24, 2.45) is 16.5 Å². The first kappa shape index (κ1) is 24.5. The maximum absolute atomic E-state index is 10.8. The Bertz CT molecular complexity index is 1070. The van der Waals surface area contributed by atoms with Crippen molar-refractivity contribution in [2.75, 3.05) is 25.0 Å². The number of anilines is 1. The third-order valence-electron chi connectivity index (χ3n) is 4.63. The number of phosphoric acid groups is 1. The average molecular weight is 491 g/mol. The van der Waals surface area contributed by atoms with E-state index in [1.807, 2.05) is 0 Å². The standard InChI is InChI=1S/C15H25N8O7PS/c16-14(17)18-3-1-2-4-19-15-21-11-8(12(32)22-15)20-6-23(11)13-10(25)9(24)7(30-13)5-29-31(26,27)28/h6-7,9-10,13,24-25H,1-5H2,(H4,16,17,18)(H2,26,27,28)(H2,19,21,22,32)/p-1/t7-,9+,10?,13-/m1/s1. The molecule has 3 rings (SSSR count). The molecule has 0 amide bonds. The second kappa shape index (κ2) is 10.2. The molecule has 9 N–H and O–H groups in total. The van der Waals surface area contributed by atoms with Gasteiger partial charge in [-0.2, -0.15) is 0 Å². The molecule has 0 aliphatic carbocycles. The van der Waals surface area contributed by atoms with Gasteiger partial charge in [0.15, 0.2) is 16.8 Å². The Labute approximate surface area is 186 Å². The number of aromatic amines is 1. The molecule has 1 aliphatic rings. The van der Waals surface area contributed by atoms with Crippen LogP contribution in [0, 0.1) is 4.64 Å². The monoisotopic (exact) mass is 491 g/mol. The number of unbranched alkanes of at least 4 members (excludes halogenated alkanes) is 1. The molecule has 2 aromatic heterocycles. The summed E-state index contributed by atoms with van der Waals surface area (Å²) in [5, 5.41) is 23.7. The van der Waals surface area contributed by atoms with Crippen LogP contribution in [0.15, 0.2) is 11.3 Å². The minimum Gasteiger partial charge on any atom is -0.756 e. The van der Waals surface area contributed by atoms with E-state index in [-0.39, 0.29) is 10.6 Å². The van der Waals surface area contributed by atoms with E-state index in [1.54, 1.807) is 0 Å². The Hall–Kier alpha value is -2.17. The average Bonchev–Trinajstić information content (AvgIpc) is 3.24. The van der Waals surface area contributed by atoms with Gasteiger partial charge in [-0.25, -0.2) is 9.97 Å². The van der Waals surface area contributed by atoms with Crippen LogP contribution in [0.4, 0.5) is 5.95 Å². The molecular weight excluding hydrogens is 467 g/mol. The number of aliphatic hydroxyl groups is 2. The molecular formula is C15H24N8O7PS-. The maximum Gasteiger partial charge on any atom is 0.265 e. The summed E-state index contributed by atoms with van der Waals surface area (Å²) in [6, 6.07) is 0. The molecule has 15 nitrogen and oxygen atoms in total. The number of phosphoric ester groups is 1. The SMILES string of the molecule is NC(N)=NCCCCNc1nc(=S)c2ncn([C@@H]3O[C@H](COP(=O)([O-])O)[C@H](O)C3O)c2[nH]1. The third-order valence-corrected chi connectivity index (χ3v) is 5.39. The number of H-pyrrole nitrogens is 1. The number of guanidine groups is 1. The van der Waals surface area contributed by atoms with Gasteiger partial charge in [-0.3, -0.25) is 14.1 Å². The normalized spacial score (nSPS) is 25.0. The molecule has 0 bridgehead atoms. The van der Waals surface area contributed by atoms with E-state index in [2.05, 4.69) is 29.8 Å². The first-order valence-electron chi connectivity index (χ1n) is 9.53. The van der Waals surface area contributed by atoms with Crippen LogP contribution >= 0.6 is 20.0 Å². The van der Waals surface area contributed by atoms with Crippen LogP contribution in [-0.2, 0) is 13.8 Å². The highest BCUT2D eigenvalue weighted by atomic mass is 32.1. The Morgan fingerprint density at radius 1 is 1.44 bits per heavy atom. The van der Waals surface area contributed by atoms with Crippen LogP contribution in [0.25, 0.3) is 11.2 Å². The van der Waals surface area contributed by atoms with Gasteiger partial charge in [-0.1, -0.05) is 12.2 Å². The van der Waals surface area contributed by atoms with Crippen molar-refractivity contribution >= 4 is 43.1 Å². The summed E-state index contributed by atoms with van der Waals surface area (Å²) in [4.78, 5) is 34.9. The molecule has 32 heavy (non-hydrogen) atoms. The molecule has 0 saturated carbocycles. The van der Waals surface area contributed by atoms with Crippen LogP contribution in [-0.4, -0.2) is 78.6 Å². The highest BCUT2D eigenvalue weighted by Gasteiger charge is 2.44. The number of aromatic nitrogens is 4. The number of ether oxygens (including phenoxy) is 1. The summed E-state index contributed by atoms with van der Waals surface area (Å²) in [7, 11) is -5.02. The van der Waals surface area contributed by atoms with Gasteiger partial charge in [0.1, 0.15) is 29.5 Å². The molecule has 3 heterocycles. The zero-order valence-corrected chi connectivity index (χ0v) is 18.4. The summed E-state index contributed by atoms with van der Waals surface area (Å²) < 4.78 is 22.2. The van der Waals surface area contributed by atoms with Gasteiger partial charge in [0.25, 0.3) is 7.82 Å². The summed E-state index contributed by atoms with van der Waals surface area (Å²) in [6.45, 7) is 0.374. The number of nitrogens with zero attached hydrogens (tertiary/aromatic N) is 4. The lowest BCUT2D eigenvalue weighted by Gasteiger charge is -2.20. The predicted octanol–water partition coefficient (Wildman–Crippen LogP) is -1.95. The minimum atomic E-state index is -5.02. The lowest BCUT2D eigenvalue weighted by atomic mass is 10.1. The second-order valence-corrected chi connectivity index (χ2v) is 8.57. The van der Waals surface area contributed by atoms with Crippen LogP contribution in [0.1, 0.15) is 19.1 Å². The van der Waals surface area contributed by atoms with Gasteiger partial charge >= 0.3 is 0 Å². The highest BCUT2D eigenvalue weighted by molar-refractivity contribution is 7.71. The number of rotatable bonds is 10. The van der Waals surface area contributed by atoms with Crippen molar-refractivity contribution in [3.63, 3.8) is 0 Å². The fourth-order valence-electron chi connectivity index (χ4n) is 3.13. The molecule has 1 fully saturated rings. The number of fused-ring (bicyclic) bond motifs is 1. The van der Waals surface area contributed by atoms with Crippen molar-refractivity contribution in [3.05, 3.63) is 11.0 Å². The van der Waals surface area contributed by atoms with E-state index in [1.165, 1.54) is 10.9 Å². The van der Waals surface area contributed by atoms with Gasteiger partial charge in [-0.05, 0) is 12.8 Å². The number of aliphatic hydroxyl groups excluding tert-OH is 2. The molecule has 2 unspecified atom stereocenters. The molecule has 0 radical (unpaired) electrons. The Morgan fingerprint density at radius 3 is 2.88 bits per heavy atom. The van der Waals surface area contributed by atoms with Crippen molar-refractivity contribution in [1.82, 2.24) is 19.5 Å². The third kappa shape index (κ3) is 5.99. The molecule has 0 spiro atoms. The summed E-state index contributed by atoms with van der Waals surface area (Å²) in [5.74, 6) is 0.391. The Morgan fingerprint density at radius 2 is 2.19 bits per heavy atom. The second-order valence-electron chi connectivity index (χ2n) is 6.99. The van der Waals surface area contributed by atoms with Gasteiger partial charge in [0.05, 0.1) is 12.9 Å². The highest BCUT2D eigenvalue weighted by Crippen LogP contribution is 2.36. The van der Waals surface area contributed by atoms with E-state index in [0.29, 0.717) is 30.2 Å². The van der Waals surface area contributed by atoms with Gasteiger partial charge in [-0.15, -0.1) is 0 Å². The topological polar surface area (TPSA) is 242 Å². The summed E-state index contributed by atoms with van der Waals surface area (Å²) in [6.07, 6.45) is -2.41. The van der Waals surface area contributed by atoms with E-state index >= 15 is 0 Å². The van der Waals surface area contributed by atoms with Crippen molar-refractivity contribution in [3.8, 4) is 0 Å². The minimum absolute atomic E-state index is 0.0380. The van der Waals surface area contributed by atoms with E-state index < -0.39 is 39.0 Å². The molecule has 1 saturated heterocycles. The summed E-state index contributed by atoms with van der Waals surface area (Å²) >= 11 is 5.28. The molecule has 17 heteroatoms. The van der Waals surface area contributed by atoms with E-state index in [0.717, 1.165) is 12.8 Å². The summed E-state index contributed by atoms with van der Waals surface area (Å²) in [5.41, 5.74) is 11.2. The molecule has 2 aromatic rings. The maximum atomic E-state index is 10.8. The molecule has 178 valence electrons. The van der Waals surface area contributed by atoms with Crippen molar-refractivity contribution in [1.29, 1.82) is 0 Å². The number of hydrogen-bond acceptors (Lipinski definition) is 11. The van der Waals surface area contributed by atoms with Crippen LogP contribution in [0.5, 0.6) is 0 Å². The first-order chi connectivity index (χ1) is 15.1. The smallest absolute Gasteiger partial charge is 0.265 e. The van der Waals surface area contributed by atoms with Gasteiger partial charge < -0.3 is 51.0 Å². The van der Waals surface area contributed by atoms with Crippen LogP contribution < -0.4 is 21.7 Å². The first-order valence-corrected chi connectivity index (χ1v) is 11.4. The molecule has 1 aliphatic heterocycles. The van der Waals surface area contributed by atoms with E-state index in [9.17, 15) is 19.7 Å². The lowest BCUT2D eigenvalue weighted by molar-refractivity contribution is -0.222. The van der Waals surface area contributed by atoms with Crippen molar-refractivity contribution < 1.29 is 33.8 Å². The zero-order valence-electron chi connectivity index (χ0n) is 16.7. The van der Waals surface area contributed by atoms with Crippen molar-refractivity contribution in [2.45, 2.75) is 37.4 Å². The van der Waals surface area contributed by atoms with E-state index in [4.69, 9.17) is 33.3 Å². The Balaban J connectivity index is 1.72. The largest absolute Gasteiger partial charge is 0.756 e. The number of imidazole rings is 1.